The number of nitrogens with one attached hydrogen (secondary N) is 2. The van der Waals surface area contributed by atoms with Gasteiger partial charge in [-0.2, -0.15) is 18.3 Å². The summed E-state index contributed by atoms with van der Waals surface area (Å²) in [7, 11) is -4.39. The van der Waals surface area contributed by atoms with Crippen molar-refractivity contribution in [3.63, 3.8) is 0 Å². The molecule has 0 saturated carbocycles. The number of alkyl halides is 3. The fourth-order valence-corrected chi connectivity index (χ4v) is 2.28. The zero-order chi connectivity index (χ0) is 13.3. The van der Waals surface area contributed by atoms with Crippen molar-refractivity contribution in [1.82, 2.24) is 14.9 Å². The number of rotatable bonds is 4. The Balaban J connectivity index is 2.98. The molecule has 1 heterocycles. The lowest BCUT2D eigenvalue weighted by Gasteiger charge is -2.08. The molecule has 0 amide bonds. The molecule has 0 fully saturated rings. The number of aromatic nitrogens is 2. The molecule has 0 spiro atoms. The van der Waals surface area contributed by atoms with Gasteiger partial charge in [-0.3, -0.25) is 5.10 Å². The maximum atomic E-state index is 11.9. The molecule has 0 bridgehead atoms. The zero-order valence-electron chi connectivity index (χ0n) is 8.67. The van der Waals surface area contributed by atoms with E-state index < -0.39 is 34.4 Å². The van der Waals surface area contributed by atoms with Crippen molar-refractivity contribution in [2.45, 2.75) is 24.7 Å². The highest BCUT2D eigenvalue weighted by molar-refractivity contribution is 7.89. The highest BCUT2D eigenvalue weighted by Gasteiger charge is 2.32. The summed E-state index contributed by atoms with van der Waals surface area (Å²) in [5, 5.41) is 13.9. The Hall–Kier alpha value is -1.13. The summed E-state index contributed by atoms with van der Waals surface area (Å²) >= 11 is 0. The van der Waals surface area contributed by atoms with Crippen molar-refractivity contribution in [3.8, 4) is 0 Å². The Kier molecular flexibility index (Phi) is 3.79. The summed E-state index contributed by atoms with van der Waals surface area (Å²) in [6, 6.07) is 0. The van der Waals surface area contributed by atoms with E-state index in [1.165, 1.54) is 11.6 Å². The molecule has 0 atom stereocenters. The molecule has 3 N–H and O–H groups in total. The Morgan fingerprint density at radius 1 is 1.47 bits per heavy atom. The van der Waals surface area contributed by atoms with Gasteiger partial charge in [0, 0.05) is 11.3 Å². The van der Waals surface area contributed by atoms with E-state index in [0.717, 1.165) is 0 Å². The predicted octanol–water partition coefficient (Wildman–Crippen LogP) is 0.0510. The molecule has 0 radical (unpaired) electrons. The third-order valence-electron chi connectivity index (χ3n) is 1.91. The number of halogens is 3. The Labute approximate surface area is 94.9 Å². The molecular formula is C7H10F3N3O3S. The van der Waals surface area contributed by atoms with Crippen LogP contribution in [0.15, 0.2) is 5.03 Å². The SMILES string of the molecule is Cc1[nH]nc(S(=O)(=O)NCC(F)(F)F)c1CO. The van der Waals surface area contributed by atoms with Crippen molar-refractivity contribution in [3.05, 3.63) is 11.3 Å². The predicted molar refractivity (Wildman–Crippen MR) is 50.5 cm³/mol. The van der Waals surface area contributed by atoms with E-state index in [9.17, 15) is 21.6 Å². The van der Waals surface area contributed by atoms with Crippen molar-refractivity contribution in [1.29, 1.82) is 0 Å². The largest absolute Gasteiger partial charge is 0.402 e. The van der Waals surface area contributed by atoms with Crippen LogP contribution in [0.25, 0.3) is 0 Å². The van der Waals surface area contributed by atoms with Crippen molar-refractivity contribution < 1.29 is 26.7 Å². The van der Waals surface area contributed by atoms with Crippen LogP contribution in [0, 0.1) is 6.92 Å². The number of nitrogens with zero attached hydrogens (tertiary/aromatic N) is 1. The average Bonchev–Trinajstić information content (AvgIpc) is 2.56. The normalized spacial score (nSPS) is 13.0. The third-order valence-corrected chi connectivity index (χ3v) is 3.28. The van der Waals surface area contributed by atoms with Gasteiger partial charge in [0.2, 0.25) is 0 Å². The minimum Gasteiger partial charge on any atom is -0.392 e. The summed E-state index contributed by atoms with van der Waals surface area (Å²) in [5.74, 6) is 0. The minimum absolute atomic E-state index is 0.0559. The summed E-state index contributed by atoms with van der Waals surface area (Å²) in [6.45, 7) is -0.877. The monoisotopic (exact) mass is 273 g/mol. The van der Waals surface area contributed by atoms with Crippen LogP contribution >= 0.6 is 0 Å². The Morgan fingerprint density at radius 3 is 2.53 bits per heavy atom. The number of hydrogen-bond donors (Lipinski definition) is 3. The fourth-order valence-electron chi connectivity index (χ4n) is 1.08. The van der Waals surface area contributed by atoms with Gasteiger partial charge in [0.1, 0.15) is 6.54 Å². The number of aliphatic hydroxyl groups is 1. The number of hydrogen-bond acceptors (Lipinski definition) is 4. The van der Waals surface area contributed by atoms with E-state index in [4.69, 9.17) is 5.11 Å². The summed E-state index contributed by atoms with van der Waals surface area (Å²) in [6.07, 6.45) is -4.65. The van der Waals surface area contributed by atoms with Crippen LogP contribution in [0.2, 0.25) is 0 Å². The quantitative estimate of drug-likeness (QED) is 0.722. The molecule has 1 aromatic rings. The lowest BCUT2D eigenvalue weighted by atomic mass is 10.3. The van der Waals surface area contributed by atoms with Gasteiger partial charge in [-0.1, -0.05) is 0 Å². The van der Waals surface area contributed by atoms with Crippen molar-refractivity contribution in [2.24, 2.45) is 0 Å². The smallest absolute Gasteiger partial charge is 0.392 e. The van der Waals surface area contributed by atoms with Crippen molar-refractivity contribution in [2.75, 3.05) is 6.54 Å². The standard InChI is InChI=1S/C7H10F3N3O3S/c1-4-5(2-14)6(13-12-4)17(15,16)11-3-7(8,9)10/h11,14H,2-3H2,1H3,(H,12,13). The summed E-state index contributed by atoms with van der Waals surface area (Å²) in [5.41, 5.74) is 0.222. The van der Waals surface area contributed by atoms with E-state index in [0.29, 0.717) is 0 Å². The summed E-state index contributed by atoms with van der Waals surface area (Å²) < 4.78 is 59.9. The molecule has 98 valence electrons. The van der Waals surface area contributed by atoms with Crippen LogP contribution in [0.5, 0.6) is 0 Å². The van der Waals surface area contributed by atoms with E-state index >= 15 is 0 Å². The van der Waals surface area contributed by atoms with Crippen molar-refractivity contribution >= 4 is 10.0 Å². The van der Waals surface area contributed by atoms with Gasteiger partial charge < -0.3 is 5.11 Å². The van der Waals surface area contributed by atoms with Gasteiger partial charge in [0.05, 0.1) is 6.61 Å². The first-order valence-electron chi connectivity index (χ1n) is 4.38. The lowest BCUT2D eigenvalue weighted by molar-refractivity contribution is -0.121. The van der Waals surface area contributed by atoms with E-state index in [2.05, 4.69) is 10.2 Å². The highest BCUT2D eigenvalue weighted by atomic mass is 32.2. The molecule has 0 aliphatic heterocycles. The molecule has 17 heavy (non-hydrogen) atoms. The molecular weight excluding hydrogens is 263 g/mol. The molecule has 1 aromatic heterocycles. The second kappa shape index (κ2) is 4.63. The lowest BCUT2D eigenvalue weighted by Crippen LogP contribution is -2.34. The van der Waals surface area contributed by atoms with Gasteiger partial charge in [-0.05, 0) is 6.92 Å². The van der Waals surface area contributed by atoms with E-state index in [1.54, 1.807) is 0 Å². The Bertz CT molecular complexity index is 494. The molecule has 0 aromatic carbocycles. The number of sulfonamides is 1. The molecule has 0 saturated heterocycles. The topological polar surface area (TPSA) is 95.1 Å². The number of aromatic amines is 1. The van der Waals surface area contributed by atoms with Crippen LogP contribution < -0.4 is 4.72 Å². The van der Waals surface area contributed by atoms with Crippen LogP contribution in [0.1, 0.15) is 11.3 Å². The maximum absolute atomic E-state index is 11.9. The van der Waals surface area contributed by atoms with Gasteiger partial charge in [-0.25, -0.2) is 13.1 Å². The molecule has 10 heteroatoms. The Morgan fingerprint density at radius 2 is 2.06 bits per heavy atom. The van der Waals surface area contributed by atoms with Crippen LogP contribution in [-0.4, -0.2) is 36.4 Å². The zero-order valence-corrected chi connectivity index (χ0v) is 9.48. The molecule has 0 unspecified atom stereocenters. The minimum atomic E-state index is -4.65. The average molecular weight is 273 g/mol. The van der Waals surface area contributed by atoms with Gasteiger partial charge >= 0.3 is 6.18 Å². The van der Waals surface area contributed by atoms with E-state index in [-0.39, 0.29) is 11.3 Å². The first kappa shape index (κ1) is 13.9. The summed E-state index contributed by atoms with van der Waals surface area (Å²) in [4.78, 5) is 0. The van der Waals surface area contributed by atoms with Crippen LogP contribution in [0.4, 0.5) is 13.2 Å². The molecule has 0 aliphatic carbocycles. The number of H-pyrrole nitrogens is 1. The second-order valence-corrected chi connectivity index (χ2v) is 4.91. The molecule has 6 nitrogen and oxygen atoms in total. The van der Waals surface area contributed by atoms with Gasteiger partial charge in [-0.15, -0.1) is 0 Å². The van der Waals surface area contributed by atoms with Crippen LogP contribution in [-0.2, 0) is 16.6 Å². The maximum Gasteiger partial charge on any atom is 0.402 e. The second-order valence-electron chi connectivity index (χ2n) is 3.23. The first-order valence-corrected chi connectivity index (χ1v) is 5.87. The molecule has 1 rings (SSSR count). The van der Waals surface area contributed by atoms with Gasteiger partial charge in [0.15, 0.2) is 5.03 Å². The number of aliphatic hydroxyl groups excluding tert-OH is 1. The molecule has 0 aliphatic rings. The fraction of sp³-hybridized carbons (Fsp3) is 0.571. The first-order chi connectivity index (χ1) is 7.67. The number of aryl methyl sites for hydroxylation is 1. The van der Waals surface area contributed by atoms with E-state index in [1.807, 2.05) is 0 Å². The van der Waals surface area contributed by atoms with Gasteiger partial charge in [0.25, 0.3) is 10.0 Å². The highest BCUT2D eigenvalue weighted by Crippen LogP contribution is 2.18. The van der Waals surface area contributed by atoms with Crippen LogP contribution in [0.3, 0.4) is 0 Å². The third kappa shape index (κ3) is 3.41.